The number of carbonyl (C=O) groups is 1. The summed E-state index contributed by atoms with van der Waals surface area (Å²) in [4.78, 5) is 20.9. The number of nitrogens with one attached hydrogen (secondary N) is 1. The highest BCUT2D eigenvalue weighted by Gasteiger charge is 2.37. The number of halogens is 5. The van der Waals surface area contributed by atoms with Crippen molar-refractivity contribution in [2.45, 2.75) is 51.1 Å². The van der Waals surface area contributed by atoms with Crippen molar-refractivity contribution in [1.82, 2.24) is 10.3 Å². The number of alkyl halides is 5. The highest BCUT2D eigenvalue weighted by Crippen LogP contribution is 2.25. The normalized spacial score (nSPS) is 15.3. The molecule has 0 aliphatic carbocycles. The Labute approximate surface area is 181 Å². The first-order valence-corrected chi connectivity index (χ1v) is 9.95. The number of fused-ring (bicyclic) bond motifs is 1. The van der Waals surface area contributed by atoms with E-state index < -0.39 is 24.7 Å². The van der Waals surface area contributed by atoms with Gasteiger partial charge in [-0.15, -0.1) is 0 Å². The first kappa shape index (κ1) is 23.8. The predicted molar refractivity (Wildman–Crippen MR) is 108 cm³/mol. The number of aromatic nitrogens is 1. The Hall–Kier alpha value is -2.88. The lowest BCUT2D eigenvalue weighted by atomic mass is 9.93. The summed E-state index contributed by atoms with van der Waals surface area (Å²) in [6, 6.07) is 8.65. The van der Waals surface area contributed by atoms with Gasteiger partial charge in [0.05, 0.1) is 13.2 Å². The van der Waals surface area contributed by atoms with Crippen LogP contribution in [0.1, 0.15) is 41.6 Å². The second kappa shape index (κ2) is 10.2. The number of benzene rings is 1. The number of pyridine rings is 1. The lowest BCUT2D eigenvalue weighted by molar-refractivity contribution is -0.147. The molecular formula is C22H22F5N3O2. The molecule has 0 bridgehead atoms. The third-order valence-electron chi connectivity index (χ3n) is 5.10. The average molecular weight is 455 g/mol. The number of Topliss-reactive ketones (excluding diaryl/α,β-unsaturated/α-hetero) is 1. The van der Waals surface area contributed by atoms with Gasteiger partial charge in [-0.25, -0.2) is 0 Å². The molecule has 1 aromatic heterocycles. The van der Waals surface area contributed by atoms with Crippen molar-refractivity contribution in [1.29, 1.82) is 0 Å². The van der Waals surface area contributed by atoms with Crippen molar-refractivity contribution in [3.8, 4) is 0 Å². The molecule has 0 spiro atoms. The molecule has 2 aromatic rings. The van der Waals surface area contributed by atoms with E-state index in [0.29, 0.717) is 22.4 Å². The van der Waals surface area contributed by atoms with Gasteiger partial charge in [0.25, 0.3) is 0 Å². The molecule has 0 saturated carbocycles. The Balaban J connectivity index is 1.64. The van der Waals surface area contributed by atoms with Crippen molar-refractivity contribution >= 4 is 11.6 Å². The van der Waals surface area contributed by atoms with Crippen LogP contribution in [0.3, 0.4) is 0 Å². The summed E-state index contributed by atoms with van der Waals surface area (Å²) in [5.74, 6) is -0.634. The molecule has 32 heavy (non-hydrogen) atoms. The molecular weight excluding hydrogens is 433 g/mol. The summed E-state index contributed by atoms with van der Waals surface area (Å²) in [6.07, 6.45) is -3.06. The molecule has 0 amide bonds. The highest BCUT2D eigenvalue weighted by molar-refractivity contribution is 6.02. The second-order valence-electron chi connectivity index (χ2n) is 7.53. The van der Waals surface area contributed by atoms with E-state index in [1.54, 1.807) is 36.4 Å². The molecule has 0 saturated heterocycles. The van der Waals surface area contributed by atoms with Gasteiger partial charge in [0.1, 0.15) is 17.7 Å². The fourth-order valence-corrected chi connectivity index (χ4v) is 3.38. The quantitative estimate of drug-likeness (QED) is 0.569. The number of rotatable bonds is 9. The van der Waals surface area contributed by atoms with Crippen LogP contribution in [0.4, 0.5) is 22.0 Å². The Morgan fingerprint density at radius 2 is 1.94 bits per heavy atom. The Morgan fingerprint density at radius 1 is 1.22 bits per heavy atom. The summed E-state index contributed by atoms with van der Waals surface area (Å²) < 4.78 is 67.8. The summed E-state index contributed by atoms with van der Waals surface area (Å²) >= 11 is 0. The van der Waals surface area contributed by atoms with Crippen LogP contribution in [0.15, 0.2) is 47.6 Å². The lowest BCUT2D eigenvalue weighted by Gasteiger charge is -2.18. The van der Waals surface area contributed by atoms with Crippen LogP contribution in [-0.2, 0) is 22.5 Å². The minimum Gasteiger partial charge on any atom is -0.359 e. The number of hydrogen-bond donors (Lipinski definition) is 1. The van der Waals surface area contributed by atoms with Gasteiger partial charge in [0.2, 0.25) is 0 Å². The molecule has 2 heterocycles. The highest BCUT2D eigenvalue weighted by atomic mass is 19.4. The van der Waals surface area contributed by atoms with Crippen LogP contribution in [0.25, 0.3) is 0 Å². The maximum Gasteiger partial charge on any atom is 0.408 e. The summed E-state index contributed by atoms with van der Waals surface area (Å²) in [7, 11) is 0. The summed E-state index contributed by atoms with van der Waals surface area (Å²) in [6.45, 7) is -2.05. The number of hydrogen-bond acceptors (Lipinski definition) is 5. The first-order valence-electron chi connectivity index (χ1n) is 9.95. The zero-order valence-electron chi connectivity index (χ0n) is 17.2. The van der Waals surface area contributed by atoms with Gasteiger partial charge in [0.15, 0.2) is 0 Å². The minimum absolute atomic E-state index is 0.0120. The van der Waals surface area contributed by atoms with Crippen molar-refractivity contribution in [2.75, 3.05) is 6.61 Å². The Bertz CT molecular complexity index is 964. The predicted octanol–water partition coefficient (Wildman–Crippen LogP) is 4.41. The second-order valence-corrected chi connectivity index (χ2v) is 7.53. The van der Waals surface area contributed by atoms with E-state index in [0.717, 1.165) is 6.92 Å². The zero-order valence-corrected chi connectivity index (χ0v) is 17.2. The maximum absolute atomic E-state index is 12.8. The SMILES string of the molecule is CC(NC1=NCc2cc(CC(=O)C[C@H](COC(F)F)c3ccccc3)ncc21)C(F)(F)F. The van der Waals surface area contributed by atoms with Crippen molar-refractivity contribution in [3.05, 3.63) is 65.0 Å². The van der Waals surface area contributed by atoms with Crippen LogP contribution in [0.2, 0.25) is 0 Å². The van der Waals surface area contributed by atoms with Crippen LogP contribution < -0.4 is 5.32 Å². The van der Waals surface area contributed by atoms with Gasteiger partial charge in [-0.05, 0) is 24.1 Å². The number of nitrogens with zero attached hydrogens (tertiary/aromatic N) is 2. The zero-order chi connectivity index (χ0) is 23.3. The number of ketones is 1. The van der Waals surface area contributed by atoms with Crippen LogP contribution in [-0.4, -0.2) is 42.0 Å². The van der Waals surface area contributed by atoms with Gasteiger partial charge in [-0.2, -0.15) is 22.0 Å². The number of carbonyl (C=O) groups excluding carboxylic acids is 1. The monoisotopic (exact) mass is 455 g/mol. The summed E-state index contributed by atoms with van der Waals surface area (Å²) in [5.41, 5.74) is 2.28. The standard InChI is InChI=1S/C22H22F5N3O2/c1-13(22(25,26)27)30-20-19-11-28-17(7-15(19)10-29-20)9-18(31)8-16(12-32-21(23)24)14-5-3-2-4-6-14/h2-7,11,13,16,21H,8-10,12H2,1H3,(H,29,30)/t13?,16-/m1/s1. The van der Waals surface area contributed by atoms with E-state index in [-0.39, 0.29) is 37.6 Å². The van der Waals surface area contributed by atoms with E-state index >= 15 is 0 Å². The van der Waals surface area contributed by atoms with Gasteiger partial charge in [-0.3, -0.25) is 14.8 Å². The molecule has 1 aliphatic heterocycles. The molecule has 0 fully saturated rings. The molecule has 1 aliphatic rings. The molecule has 1 aromatic carbocycles. The van der Waals surface area contributed by atoms with E-state index in [2.05, 4.69) is 20.0 Å². The molecule has 0 radical (unpaired) electrons. The van der Waals surface area contributed by atoms with E-state index in [9.17, 15) is 26.7 Å². The van der Waals surface area contributed by atoms with Crippen molar-refractivity contribution in [2.24, 2.45) is 4.99 Å². The molecule has 172 valence electrons. The number of amidine groups is 1. The maximum atomic E-state index is 12.8. The Morgan fingerprint density at radius 3 is 2.59 bits per heavy atom. The first-order chi connectivity index (χ1) is 15.1. The van der Waals surface area contributed by atoms with Gasteiger partial charge in [0, 0.05) is 36.2 Å². The topological polar surface area (TPSA) is 63.6 Å². The van der Waals surface area contributed by atoms with Gasteiger partial charge < -0.3 is 10.1 Å². The van der Waals surface area contributed by atoms with Crippen LogP contribution in [0.5, 0.6) is 0 Å². The van der Waals surface area contributed by atoms with E-state index in [1.165, 1.54) is 6.20 Å². The van der Waals surface area contributed by atoms with Crippen LogP contribution in [0, 0.1) is 0 Å². The fraction of sp³-hybridized carbons (Fsp3) is 0.409. The molecule has 3 rings (SSSR count). The molecule has 1 N–H and O–H groups in total. The van der Waals surface area contributed by atoms with E-state index in [1.807, 2.05) is 0 Å². The number of aliphatic imine (C=N–C) groups is 1. The fourth-order valence-electron chi connectivity index (χ4n) is 3.38. The molecule has 1 unspecified atom stereocenters. The smallest absolute Gasteiger partial charge is 0.359 e. The average Bonchev–Trinajstić information content (AvgIpc) is 3.13. The summed E-state index contributed by atoms with van der Waals surface area (Å²) in [5, 5.41) is 2.35. The third kappa shape index (κ3) is 6.32. The van der Waals surface area contributed by atoms with Crippen LogP contribution >= 0.6 is 0 Å². The molecule has 2 atom stereocenters. The van der Waals surface area contributed by atoms with Crippen molar-refractivity contribution < 1.29 is 31.5 Å². The Kier molecular flexibility index (Phi) is 7.55. The molecule has 5 nitrogen and oxygen atoms in total. The third-order valence-corrected chi connectivity index (χ3v) is 5.10. The largest absolute Gasteiger partial charge is 0.408 e. The minimum atomic E-state index is -4.41. The molecule has 10 heteroatoms. The van der Waals surface area contributed by atoms with Gasteiger partial charge in [-0.1, -0.05) is 30.3 Å². The van der Waals surface area contributed by atoms with E-state index in [4.69, 9.17) is 0 Å². The lowest BCUT2D eigenvalue weighted by Crippen LogP contribution is -2.43. The number of ether oxygens (including phenoxy) is 1. The van der Waals surface area contributed by atoms with Gasteiger partial charge >= 0.3 is 12.8 Å². The van der Waals surface area contributed by atoms with Crippen molar-refractivity contribution in [3.63, 3.8) is 0 Å².